The SMILES string of the molecule is COc1cc(C(=O)N2CCCCC2C(C)N)ccc1OC1CCCC1. The van der Waals surface area contributed by atoms with Crippen LogP contribution >= 0.6 is 0 Å². The molecule has 2 fully saturated rings. The highest BCUT2D eigenvalue weighted by atomic mass is 16.5. The fraction of sp³-hybridized carbons (Fsp3) is 0.650. The summed E-state index contributed by atoms with van der Waals surface area (Å²) >= 11 is 0. The van der Waals surface area contributed by atoms with Gasteiger partial charge in [0.2, 0.25) is 0 Å². The van der Waals surface area contributed by atoms with E-state index in [2.05, 4.69) is 0 Å². The number of carbonyl (C=O) groups excluding carboxylic acids is 1. The molecule has 1 aliphatic carbocycles. The number of hydrogen-bond donors (Lipinski definition) is 1. The largest absolute Gasteiger partial charge is 0.493 e. The molecule has 5 nitrogen and oxygen atoms in total. The zero-order chi connectivity index (χ0) is 17.8. The van der Waals surface area contributed by atoms with Crippen LogP contribution in [0, 0.1) is 0 Å². The third-order valence-corrected chi connectivity index (χ3v) is 5.42. The van der Waals surface area contributed by atoms with Crippen LogP contribution in [0.25, 0.3) is 0 Å². The van der Waals surface area contributed by atoms with Crippen molar-refractivity contribution in [1.82, 2.24) is 4.90 Å². The van der Waals surface area contributed by atoms with E-state index in [0.29, 0.717) is 11.3 Å². The summed E-state index contributed by atoms with van der Waals surface area (Å²) in [4.78, 5) is 14.9. The Morgan fingerprint density at radius 3 is 2.56 bits per heavy atom. The number of likely N-dealkylation sites (tertiary alicyclic amines) is 1. The number of amides is 1. The number of nitrogens with two attached hydrogens (primary N) is 1. The number of carbonyl (C=O) groups is 1. The number of piperidine rings is 1. The van der Waals surface area contributed by atoms with Gasteiger partial charge in [-0.25, -0.2) is 0 Å². The van der Waals surface area contributed by atoms with Crippen molar-refractivity contribution in [2.24, 2.45) is 5.73 Å². The van der Waals surface area contributed by atoms with Gasteiger partial charge in [0, 0.05) is 24.2 Å². The van der Waals surface area contributed by atoms with Crippen LogP contribution in [0.2, 0.25) is 0 Å². The Morgan fingerprint density at radius 1 is 1.16 bits per heavy atom. The summed E-state index contributed by atoms with van der Waals surface area (Å²) in [5, 5.41) is 0. The highest BCUT2D eigenvalue weighted by Crippen LogP contribution is 2.33. The smallest absolute Gasteiger partial charge is 0.254 e. The second-order valence-electron chi connectivity index (χ2n) is 7.31. The second-order valence-corrected chi connectivity index (χ2v) is 7.31. The van der Waals surface area contributed by atoms with Gasteiger partial charge in [-0.3, -0.25) is 4.79 Å². The standard InChI is InChI=1S/C20H30N2O3/c1-14(21)17-9-5-6-12-22(17)20(23)15-10-11-18(19(13-15)24-2)25-16-7-3-4-8-16/h10-11,13-14,16-17H,3-9,12,21H2,1-2H3. The Labute approximate surface area is 150 Å². The van der Waals surface area contributed by atoms with Crippen molar-refractivity contribution >= 4 is 5.91 Å². The third kappa shape index (κ3) is 4.09. The fourth-order valence-electron chi connectivity index (χ4n) is 4.01. The van der Waals surface area contributed by atoms with Crippen LogP contribution in [0.3, 0.4) is 0 Å². The number of hydrogen-bond acceptors (Lipinski definition) is 4. The molecule has 0 spiro atoms. The number of nitrogens with zero attached hydrogens (tertiary/aromatic N) is 1. The number of benzene rings is 1. The van der Waals surface area contributed by atoms with E-state index in [0.717, 1.165) is 44.4 Å². The molecule has 3 rings (SSSR count). The average Bonchev–Trinajstić information content (AvgIpc) is 3.14. The molecule has 1 saturated carbocycles. The topological polar surface area (TPSA) is 64.8 Å². The van der Waals surface area contributed by atoms with Crippen molar-refractivity contribution in [2.75, 3.05) is 13.7 Å². The van der Waals surface area contributed by atoms with Crippen LogP contribution in [0.4, 0.5) is 0 Å². The zero-order valence-electron chi connectivity index (χ0n) is 15.4. The molecular weight excluding hydrogens is 316 g/mol. The Balaban J connectivity index is 1.77. The maximum Gasteiger partial charge on any atom is 0.254 e. The van der Waals surface area contributed by atoms with Gasteiger partial charge in [0.1, 0.15) is 0 Å². The molecule has 1 heterocycles. The minimum absolute atomic E-state index is 0.0175. The predicted octanol–water partition coefficient (Wildman–Crippen LogP) is 3.36. The molecule has 0 aromatic heterocycles. The van der Waals surface area contributed by atoms with E-state index >= 15 is 0 Å². The first-order valence-corrected chi connectivity index (χ1v) is 9.51. The zero-order valence-corrected chi connectivity index (χ0v) is 15.4. The monoisotopic (exact) mass is 346 g/mol. The summed E-state index contributed by atoms with van der Waals surface area (Å²) in [5.74, 6) is 1.40. The van der Waals surface area contributed by atoms with Crippen LogP contribution in [0.5, 0.6) is 11.5 Å². The van der Waals surface area contributed by atoms with Gasteiger partial charge < -0.3 is 20.1 Å². The summed E-state index contributed by atoms with van der Waals surface area (Å²) in [6.45, 7) is 2.75. The molecule has 2 atom stereocenters. The molecule has 1 saturated heterocycles. The first-order valence-electron chi connectivity index (χ1n) is 9.51. The van der Waals surface area contributed by atoms with E-state index < -0.39 is 0 Å². The van der Waals surface area contributed by atoms with Crippen molar-refractivity contribution in [3.05, 3.63) is 23.8 Å². The van der Waals surface area contributed by atoms with Crippen LogP contribution in [-0.4, -0.2) is 42.6 Å². The quantitative estimate of drug-likeness (QED) is 0.888. The normalized spacial score (nSPS) is 22.7. The van der Waals surface area contributed by atoms with Crippen LogP contribution in [-0.2, 0) is 0 Å². The Bertz CT molecular complexity index is 597. The molecule has 2 aliphatic rings. The van der Waals surface area contributed by atoms with E-state index in [1.165, 1.54) is 12.8 Å². The van der Waals surface area contributed by atoms with Gasteiger partial charge in [0.25, 0.3) is 5.91 Å². The third-order valence-electron chi connectivity index (χ3n) is 5.42. The molecule has 1 aromatic rings. The molecule has 25 heavy (non-hydrogen) atoms. The fourth-order valence-corrected chi connectivity index (χ4v) is 4.01. The van der Waals surface area contributed by atoms with Crippen molar-refractivity contribution < 1.29 is 14.3 Å². The highest BCUT2D eigenvalue weighted by Gasteiger charge is 2.30. The molecule has 1 aromatic carbocycles. The van der Waals surface area contributed by atoms with E-state index in [1.807, 2.05) is 24.0 Å². The van der Waals surface area contributed by atoms with E-state index in [-0.39, 0.29) is 24.1 Å². The van der Waals surface area contributed by atoms with Crippen LogP contribution in [0.15, 0.2) is 18.2 Å². The minimum atomic E-state index is -0.0175. The highest BCUT2D eigenvalue weighted by molar-refractivity contribution is 5.95. The Kier molecular flexibility index (Phi) is 5.84. The maximum atomic E-state index is 13.0. The minimum Gasteiger partial charge on any atom is -0.493 e. The second kappa shape index (κ2) is 8.09. The van der Waals surface area contributed by atoms with Gasteiger partial charge in [-0.2, -0.15) is 0 Å². The molecule has 138 valence electrons. The summed E-state index contributed by atoms with van der Waals surface area (Å²) in [6, 6.07) is 5.62. The molecule has 5 heteroatoms. The van der Waals surface area contributed by atoms with E-state index in [4.69, 9.17) is 15.2 Å². The Morgan fingerprint density at radius 2 is 1.88 bits per heavy atom. The van der Waals surface area contributed by atoms with Crippen molar-refractivity contribution in [3.8, 4) is 11.5 Å². The lowest BCUT2D eigenvalue weighted by Gasteiger charge is -2.38. The molecular formula is C20H30N2O3. The van der Waals surface area contributed by atoms with Gasteiger partial charge in [0.05, 0.1) is 13.2 Å². The molecule has 2 unspecified atom stereocenters. The van der Waals surface area contributed by atoms with Gasteiger partial charge in [-0.15, -0.1) is 0 Å². The lowest BCUT2D eigenvalue weighted by Crippen LogP contribution is -2.51. The van der Waals surface area contributed by atoms with E-state index in [1.54, 1.807) is 13.2 Å². The van der Waals surface area contributed by atoms with Gasteiger partial charge in [0.15, 0.2) is 11.5 Å². The van der Waals surface area contributed by atoms with Gasteiger partial charge >= 0.3 is 0 Å². The molecule has 1 aliphatic heterocycles. The van der Waals surface area contributed by atoms with Crippen molar-refractivity contribution in [1.29, 1.82) is 0 Å². The van der Waals surface area contributed by atoms with Crippen LogP contribution < -0.4 is 15.2 Å². The molecule has 1 amide bonds. The maximum absolute atomic E-state index is 13.0. The van der Waals surface area contributed by atoms with Gasteiger partial charge in [-0.1, -0.05) is 0 Å². The lowest BCUT2D eigenvalue weighted by atomic mass is 9.96. The van der Waals surface area contributed by atoms with Crippen molar-refractivity contribution in [2.45, 2.75) is 70.1 Å². The summed E-state index contributed by atoms with van der Waals surface area (Å²) in [5.41, 5.74) is 6.75. The summed E-state index contributed by atoms with van der Waals surface area (Å²) in [6.07, 6.45) is 8.03. The molecule has 0 radical (unpaired) electrons. The first-order chi connectivity index (χ1) is 12.1. The molecule has 2 N–H and O–H groups in total. The number of rotatable bonds is 5. The molecule has 0 bridgehead atoms. The van der Waals surface area contributed by atoms with E-state index in [9.17, 15) is 4.79 Å². The van der Waals surface area contributed by atoms with Crippen LogP contribution in [0.1, 0.15) is 62.2 Å². The summed E-state index contributed by atoms with van der Waals surface area (Å²) in [7, 11) is 1.62. The number of ether oxygens (including phenoxy) is 2. The first kappa shape index (κ1) is 18.1. The Hall–Kier alpha value is -1.75. The van der Waals surface area contributed by atoms with Gasteiger partial charge in [-0.05, 0) is 70.1 Å². The lowest BCUT2D eigenvalue weighted by molar-refractivity contribution is 0.0583. The number of methoxy groups -OCH3 is 1. The summed E-state index contributed by atoms with van der Waals surface area (Å²) < 4.78 is 11.6. The van der Waals surface area contributed by atoms with Crippen molar-refractivity contribution in [3.63, 3.8) is 0 Å². The average molecular weight is 346 g/mol. The predicted molar refractivity (Wildman–Crippen MR) is 98.2 cm³/mol.